The van der Waals surface area contributed by atoms with Crippen molar-refractivity contribution in [1.29, 1.82) is 0 Å². The molecule has 2 N–H and O–H groups in total. The molecule has 58 valence electrons. The van der Waals surface area contributed by atoms with Crippen molar-refractivity contribution in [3.8, 4) is 0 Å². The quantitative estimate of drug-likeness (QED) is 0.511. The van der Waals surface area contributed by atoms with Crippen LogP contribution in [0.25, 0.3) is 0 Å². The molecule has 2 bridgehead atoms. The highest BCUT2D eigenvalue weighted by atomic mass is 15.0. The van der Waals surface area contributed by atoms with Crippen molar-refractivity contribution < 1.29 is 0 Å². The Morgan fingerprint density at radius 1 is 0.900 bits per heavy atom. The van der Waals surface area contributed by atoms with Crippen LogP contribution in [0.5, 0.6) is 0 Å². The number of hydrogen-bond acceptors (Lipinski definition) is 2. The second-order valence-corrected chi connectivity index (χ2v) is 3.48. The Hall–Kier alpha value is -0.0800. The highest BCUT2D eigenvalue weighted by Crippen LogP contribution is 2.14. The van der Waals surface area contributed by atoms with Gasteiger partial charge in [-0.05, 0) is 32.2 Å². The van der Waals surface area contributed by atoms with Gasteiger partial charge < -0.3 is 10.6 Å². The van der Waals surface area contributed by atoms with Crippen LogP contribution in [0.1, 0.15) is 25.7 Å². The SMILES string of the molecule is C1CNC2CCC(C1)NC2. The van der Waals surface area contributed by atoms with Gasteiger partial charge in [0.05, 0.1) is 0 Å². The molecule has 3 aliphatic rings. The maximum atomic E-state index is 3.56. The fourth-order valence-electron chi connectivity index (χ4n) is 1.99. The number of fused-ring (bicyclic) bond motifs is 5. The molecule has 3 heterocycles. The molecular formula is C8H16N2. The molecule has 10 heavy (non-hydrogen) atoms. The third-order valence-electron chi connectivity index (χ3n) is 2.68. The monoisotopic (exact) mass is 140 g/mol. The molecule has 0 aromatic heterocycles. The van der Waals surface area contributed by atoms with Gasteiger partial charge in [-0.15, -0.1) is 0 Å². The van der Waals surface area contributed by atoms with E-state index in [1.165, 1.54) is 38.8 Å². The third kappa shape index (κ3) is 1.32. The Balaban J connectivity index is 1.94. The standard InChI is InChI=1S/C8H16N2/c1-2-7-3-4-8(6-10-7)9-5-1/h7-10H,1-6H2. The summed E-state index contributed by atoms with van der Waals surface area (Å²) in [7, 11) is 0. The average molecular weight is 140 g/mol. The Labute approximate surface area is 62.4 Å². The van der Waals surface area contributed by atoms with Crippen molar-refractivity contribution >= 4 is 0 Å². The van der Waals surface area contributed by atoms with E-state index in [1.54, 1.807) is 0 Å². The van der Waals surface area contributed by atoms with Gasteiger partial charge in [0.15, 0.2) is 0 Å². The van der Waals surface area contributed by atoms with Crippen LogP contribution < -0.4 is 10.6 Å². The van der Waals surface area contributed by atoms with Crippen molar-refractivity contribution in [1.82, 2.24) is 10.6 Å². The van der Waals surface area contributed by atoms with Gasteiger partial charge in [0.1, 0.15) is 0 Å². The minimum atomic E-state index is 0.775. The summed E-state index contributed by atoms with van der Waals surface area (Å²) in [5.74, 6) is 0. The van der Waals surface area contributed by atoms with E-state index in [-0.39, 0.29) is 0 Å². The Morgan fingerprint density at radius 2 is 1.80 bits per heavy atom. The Kier molecular flexibility index (Phi) is 1.91. The normalized spacial score (nSPS) is 40.8. The molecule has 0 aliphatic carbocycles. The number of rotatable bonds is 0. The first-order valence-corrected chi connectivity index (χ1v) is 4.42. The van der Waals surface area contributed by atoms with E-state index in [2.05, 4.69) is 10.6 Å². The van der Waals surface area contributed by atoms with Gasteiger partial charge in [0.2, 0.25) is 0 Å². The van der Waals surface area contributed by atoms with Crippen LogP contribution in [0.15, 0.2) is 0 Å². The van der Waals surface area contributed by atoms with E-state index in [9.17, 15) is 0 Å². The summed E-state index contributed by atoms with van der Waals surface area (Å²) in [4.78, 5) is 0. The smallest absolute Gasteiger partial charge is 0.0193 e. The molecule has 3 rings (SSSR count). The zero-order chi connectivity index (χ0) is 6.81. The van der Waals surface area contributed by atoms with Crippen molar-refractivity contribution in [2.75, 3.05) is 13.1 Å². The molecule has 2 nitrogen and oxygen atoms in total. The third-order valence-corrected chi connectivity index (χ3v) is 2.68. The van der Waals surface area contributed by atoms with E-state index in [4.69, 9.17) is 0 Å². The van der Waals surface area contributed by atoms with E-state index < -0.39 is 0 Å². The predicted molar refractivity (Wildman–Crippen MR) is 42.0 cm³/mol. The first kappa shape index (κ1) is 6.62. The first-order chi connectivity index (χ1) is 4.95. The van der Waals surface area contributed by atoms with E-state index in [0.29, 0.717) is 0 Å². The molecular weight excluding hydrogens is 124 g/mol. The summed E-state index contributed by atoms with van der Waals surface area (Å²) in [6, 6.07) is 1.62. The number of hydrogen-bond donors (Lipinski definition) is 2. The van der Waals surface area contributed by atoms with Gasteiger partial charge in [-0.1, -0.05) is 0 Å². The minimum Gasteiger partial charge on any atom is -0.313 e. The molecule has 0 amide bonds. The fraction of sp³-hybridized carbons (Fsp3) is 1.00. The lowest BCUT2D eigenvalue weighted by atomic mass is 9.95. The van der Waals surface area contributed by atoms with Gasteiger partial charge in [0.25, 0.3) is 0 Å². The largest absolute Gasteiger partial charge is 0.313 e. The second kappa shape index (κ2) is 2.89. The summed E-state index contributed by atoms with van der Waals surface area (Å²) in [6.07, 6.45) is 5.50. The molecule has 0 spiro atoms. The fourth-order valence-corrected chi connectivity index (χ4v) is 1.99. The molecule has 0 aromatic carbocycles. The molecule has 2 unspecified atom stereocenters. The molecule has 3 saturated heterocycles. The molecule has 0 aromatic rings. The predicted octanol–water partition coefficient (Wildman–Crippen LogP) is 0.490. The maximum absolute atomic E-state index is 3.56. The topological polar surface area (TPSA) is 24.1 Å². The maximum Gasteiger partial charge on any atom is 0.0193 e. The zero-order valence-corrected chi connectivity index (χ0v) is 6.40. The number of piperidine rings is 1. The Bertz CT molecular complexity index is 86.3. The lowest BCUT2D eigenvalue weighted by Crippen LogP contribution is -2.50. The van der Waals surface area contributed by atoms with Gasteiger partial charge in [0, 0.05) is 18.6 Å². The van der Waals surface area contributed by atoms with Crippen LogP contribution in [-0.4, -0.2) is 25.2 Å². The van der Waals surface area contributed by atoms with Crippen LogP contribution in [0, 0.1) is 0 Å². The minimum absolute atomic E-state index is 0.775. The zero-order valence-electron chi connectivity index (χ0n) is 6.40. The van der Waals surface area contributed by atoms with Crippen LogP contribution in [-0.2, 0) is 0 Å². The van der Waals surface area contributed by atoms with Crippen molar-refractivity contribution in [2.45, 2.75) is 37.8 Å². The average Bonchev–Trinajstić information content (AvgIpc) is 1.89. The summed E-state index contributed by atoms with van der Waals surface area (Å²) >= 11 is 0. The van der Waals surface area contributed by atoms with Gasteiger partial charge >= 0.3 is 0 Å². The van der Waals surface area contributed by atoms with Crippen LogP contribution in [0.4, 0.5) is 0 Å². The first-order valence-electron chi connectivity index (χ1n) is 4.42. The van der Waals surface area contributed by atoms with Crippen LogP contribution >= 0.6 is 0 Å². The lowest BCUT2D eigenvalue weighted by molar-refractivity contribution is 0.282. The molecule has 3 fully saturated rings. The van der Waals surface area contributed by atoms with E-state index in [0.717, 1.165) is 12.1 Å². The van der Waals surface area contributed by atoms with Gasteiger partial charge in [-0.2, -0.15) is 0 Å². The number of nitrogens with one attached hydrogen (secondary N) is 2. The highest BCUT2D eigenvalue weighted by Gasteiger charge is 2.21. The Morgan fingerprint density at radius 3 is 2.60 bits per heavy atom. The van der Waals surface area contributed by atoms with E-state index >= 15 is 0 Å². The van der Waals surface area contributed by atoms with Gasteiger partial charge in [-0.3, -0.25) is 0 Å². The second-order valence-electron chi connectivity index (χ2n) is 3.48. The molecule has 0 radical (unpaired) electrons. The summed E-state index contributed by atoms with van der Waals surface area (Å²) in [5.41, 5.74) is 0. The van der Waals surface area contributed by atoms with Crippen molar-refractivity contribution in [3.05, 3.63) is 0 Å². The highest BCUT2D eigenvalue weighted by molar-refractivity contribution is 4.84. The summed E-state index contributed by atoms with van der Waals surface area (Å²) in [5, 5.41) is 7.11. The molecule has 2 atom stereocenters. The summed E-state index contributed by atoms with van der Waals surface area (Å²) < 4.78 is 0. The van der Waals surface area contributed by atoms with Gasteiger partial charge in [-0.25, -0.2) is 0 Å². The molecule has 2 heteroatoms. The van der Waals surface area contributed by atoms with Crippen molar-refractivity contribution in [3.63, 3.8) is 0 Å². The van der Waals surface area contributed by atoms with Crippen molar-refractivity contribution in [2.24, 2.45) is 0 Å². The molecule has 0 saturated carbocycles. The summed E-state index contributed by atoms with van der Waals surface area (Å²) in [6.45, 7) is 2.44. The van der Waals surface area contributed by atoms with Crippen LogP contribution in [0.3, 0.4) is 0 Å². The van der Waals surface area contributed by atoms with E-state index in [1.807, 2.05) is 0 Å². The molecule has 3 aliphatic heterocycles. The van der Waals surface area contributed by atoms with Crippen LogP contribution in [0.2, 0.25) is 0 Å². The lowest BCUT2D eigenvalue weighted by Gasteiger charge is -2.33.